The van der Waals surface area contributed by atoms with Gasteiger partial charge in [0.2, 0.25) is 0 Å². The number of esters is 1. The van der Waals surface area contributed by atoms with E-state index in [1.54, 1.807) is 31.2 Å². The molecule has 0 saturated heterocycles. The summed E-state index contributed by atoms with van der Waals surface area (Å²) in [7, 11) is 1.50. The van der Waals surface area contributed by atoms with Crippen molar-refractivity contribution in [3.8, 4) is 11.8 Å². The minimum Gasteiger partial charge on any atom is -0.496 e. The molecule has 16 heavy (non-hydrogen) atoms. The summed E-state index contributed by atoms with van der Waals surface area (Å²) in [6.45, 7) is 1.96. The van der Waals surface area contributed by atoms with Crippen LogP contribution in [0.15, 0.2) is 24.3 Å². The summed E-state index contributed by atoms with van der Waals surface area (Å²) >= 11 is 0. The van der Waals surface area contributed by atoms with Gasteiger partial charge in [-0.15, -0.1) is 0 Å². The molecule has 1 aromatic carbocycles. The molecule has 1 aromatic rings. The van der Waals surface area contributed by atoms with Crippen LogP contribution in [0, 0.1) is 11.3 Å². The van der Waals surface area contributed by atoms with Gasteiger partial charge in [0.05, 0.1) is 19.8 Å². The van der Waals surface area contributed by atoms with Gasteiger partial charge in [-0.3, -0.25) is 4.79 Å². The second-order valence-electron chi connectivity index (χ2n) is 3.06. The minimum absolute atomic E-state index is 0.256. The standard InChI is InChI=1S/C12H13NO3/c1-3-16-12(14)10(8-13)9-6-4-5-7-11(9)15-2/h4-7,10H,3H2,1-2H3. The Balaban J connectivity index is 3.04. The number of carbonyl (C=O) groups is 1. The minimum atomic E-state index is -0.934. The van der Waals surface area contributed by atoms with Gasteiger partial charge in [-0.2, -0.15) is 5.26 Å². The van der Waals surface area contributed by atoms with E-state index in [0.717, 1.165) is 0 Å². The van der Waals surface area contributed by atoms with Crippen molar-refractivity contribution >= 4 is 5.97 Å². The predicted octanol–water partition coefficient (Wildman–Crippen LogP) is 1.87. The quantitative estimate of drug-likeness (QED) is 0.725. The van der Waals surface area contributed by atoms with Crippen LogP contribution in [0.3, 0.4) is 0 Å². The maximum absolute atomic E-state index is 11.5. The maximum atomic E-state index is 11.5. The van der Waals surface area contributed by atoms with E-state index in [1.807, 2.05) is 6.07 Å². The van der Waals surface area contributed by atoms with Crippen LogP contribution in [0.1, 0.15) is 18.4 Å². The lowest BCUT2D eigenvalue weighted by atomic mass is 10.00. The average Bonchev–Trinajstić information content (AvgIpc) is 2.31. The normalized spacial score (nSPS) is 11.3. The van der Waals surface area contributed by atoms with Crippen molar-refractivity contribution in [1.82, 2.24) is 0 Å². The number of carbonyl (C=O) groups excluding carboxylic acids is 1. The molecule has 1 unspecified atom stereocenters. The van der Waals surface area contributed by atoms with E-state index >= 15 is 0 Å². The highest BCUT2D eigenvalue weighted by Gasteiger charge is 2.24. The molecule has 0 N–H and O–H groups in total. The molecule has 1 rings (SSSR count). The lowest BCUT2D eigenvalue weighted by Gasteiger charge is -2.12. The highest BCUT2D eigenvalue weighted by atomic mass is 16.5. The van der Waals surface area contributed by atoms with Gasteiger partial charge in [-0.05, 0) is 13.0 Å². The van der Waals surface area contributed by atoms with Gasteiger partial charge < -0.3 is 9.47 Å². The van der Waals surface area contributed by atoms with E-state index in [4.69, 9.17) is 14.7 Å². The SMILES string of the molecule is CCOC(=O)C(C#N)c1ccccc1OC. The van der Waals surface area contributed by atoms with Gasteiger partial charge >= 0.3 is 5.97 Å². The number of para-hydroxylation sites is 1. The number of benzene rings is 1. The maximum Gasteiger partial charge on any atom is 0.328 e. The molecule has 0 heterocycles. The second-order valence-corrected chi connectivity index (χ2v) is 3.06. The van der Waals surface area contributed by atoms with Crippen molar-refractivity contribution in [1.29, 1.82) is 5.26 Å². The Kier molecular flexibility index (Phi) is 4.34. The summed E-state index contributed by atoms with van der Waals surface area (Å²) in [5, 5.41) is 8.99. The smallest absolute Gasteiger partial charge is 0.328 e. The summed E-state index contributed by atoms with van der Waals surface area (Å²) in [4.78, 5) is 11.5. The zero-order valence-electron chi connectivity index (χ0n) is 9.27. The lowest BCUT2D eigenvalue weighted by Crippen LogP contribution is -2.15. The summed E-state index contributed by atoms with van der Waals surface area (Å²) in [5.41, 5.74) is 0.533. The van der Waals surface area contributed by atoms with Gasteiger partial charge in [0.15, 0.2) is 5.92 Å². The number of rotatable bonds is 4. The highest BCUT2D eigenvalue weighted by Crippen LogP contribution is 2.26. The first kappa shape index (κ1) is 12.1. The van der Waals surface area contributed by atoms with E-state index in [9.17, 15) is 4.79 Å². The lowest BCUT2D eigenvalue weighted by molar-refractivity contribution is -0.143. The molecular formula is C12H13NO3. The molecule has 0 amide bonds. The van der Waals surface area contributed by atoms with Crippen LogP contribution in [0.5, 0.6) is 5.75 Å². The van der Waals surface area contributed by atoms with Crippen molar-refractivity contribution in [2.45, 2.75) is 12.8 Å². The van der Waals surface area contributed by atoms with Crippen molar-refractivity contribution in [2.75, 3.05) is 13.7 Å². The number of methoxy groups -OCH3 is 1. The van der Waals surface area contributed by atoms with Gasteiger partial charge in [0.1, 0.15) is 5.75 Å². The Morgan fingerprint density at radius 3 is 2.75 bits per heavy atom. The number of ether oxygens (including phenoxy) is 2. The van der Waals surface area contributed by atoms with Crippen LogP contribution in [0.4, 0.5) is 0 Å². The number of hydrogen-bond donors (Lipinski definition) is 0. The summed E-state index contributed by atoms with van der Waals surface area (Å²) in [6, 6.07) is 8.85. The topological polar surface area (TPSA) is 59.3 Å². The molecule has 0 saturated carbocycles. The molecule has 1 atom stereocenters. The summed E-state index contributed by atoms with van der Waals surface area (Å²) in [5.74, 6) is -0.965. The first-order chi connectivity index (χ1) is 7.74. The van der Waals surface area contributed by atoms with E-state index in [1.165, 1.54) is 7.11 Å². The monoisotopic (exact) mass is 219 g/mol. The molecule has 0 radical (unpaired) electrons. The molecule has 0 aliphatic rings. The Bertz CT molecular complexity index is 409. The van der Waals surface area contributed by atoms with E-state index in [2.05, 4.69) is 0 Å². The molecule has 0 bridgehead atoms. The van der Waals surface area contributed by atoms with Crippen molar-refractivity contribution in [3.05, 3.63) is 29.8 Å². The Morgan fingerprint density at radius 1 is 1.50 bits per heavy atom. The summed E-state index contributed by atoms with van der Waals surface area (Å²) < 4.78 is 9.93. The average molecular weight is 219 g/mol. The Morgan fingerprint density at radius 2 is 2.19 bits per heavy atom. The van der Waals surface area contributed by atoms with Gasteiger partial charge in [-0.1, -0.05) is 18.2 Å². The number of nitriles is 1. The third-order valence-electron chi connectivity index (χ3n) is 2.10. The largest absolute Gasteiger partial charge is 0.496 e. The first-order valence-electron chi connectivity index (χ1n) is 4.93. The van der Waals surface area contributed by atoms with Gasteiger partial charge in [0.25, 0.3) is 0 Å². The van der Waals surface area contributed by atoms with Crippen LogP contribution in [0.25, 0.3) is 0 Å². The molecule has 0 spiro atoms. The molecule has 0 fully saturated rings. The van der Waals surface area contributed by atoms with Crippen molar-refractivity contribution in [3.63, 3.8) is 0 Å². The Hall–Kier alpha value is -2.02. The van der Waals surface area contributed by atoms with Crippen molar-refractivity contribution in [2.24, 2.45) is 0 Å². The first-order valence-corrected chi connectivity index (χ1v) is 4.93. The van der Waals surface area contributed by atoms with Gasteiger partial charge in [0, 0.05) is 5.56 Å². The Labute approximate surface area is 94.4 Å². The molecule has 4 nitrogen and oxygen atoms in total. The highest BCUT2D eigenvalue weighted by molar-refractivity contribution is 5.82. The summed E-state index contributed by atoms with van der Waals surface area (Å²) in [6.07, 6.45) is 0. The number of hydrogen-bond acceptors (Lipinski definition) is 4. The number of nitrogens with zero attached hydrogens (tertiary/aromatic N) is 1. The van der Waals surface area contributed by atoms with Crippen LogP contribution in [-0.4, -0.2) is 19.7 Å². The third kappa shape index (κ3) is 2.51. The van der Waals surface area contributed by atoms with E-state index < -0.39 is 11.9 Å². The van der Waals surface area contributed by atoms with Crippen LogP contribution >= 0.6 is 0 Å². The van der Waals surface area contributed by atoms with E-state index in [-0.39, 0.29) is 6.61 Å². The van der Waals surface area contributed by atoms with E-state index in [0.29, 0.717) is 11.3 Å². The molecule has 4 heteroatoms. The fourth-order valence-corrected chi connectivity index (χ4v) is 1.38. The van der Waals surface area contributed by atoms with Crippen LogP contribution in [0.2, 0.25) is 0 Å². The van der Waals surface area contributed by atoms with Crippen LogP contribution < -0.4 is 4.74 Å². The zero-order chi connectivity index (χ0) is 12.0. The molecule has 0 aliphatic carbocycles. The second kappa shape index (κ2) is 5.76. The predicted molar refractivity (Wildman–Crippen MR) is 58.0 cm³/mol. The fourth-order valence-electron chi connectivity index (χ4n) is 1.38. The molecule has 0 aliphatic heterocycles. The van der Waals surface area contributed by atoms with Crippen LogP contribution in [-0.2, 0) is 9.53 Å². The van der Waals surface area contributed by atoms with Gasteiger partial charge in [-0.25, -0.2) is 0 Å². The van der Waals surface area contributed by atoms with Crippen molar-refractivity contribution < 1.29 is 14.3 Å². The zero-order valence-corrected chi connectivity index (χ0v) is 9.27. The molecule has 84 valence electrons. The third-order valence-corrected chi connectivity index (χ3v) is 2.10. The molecular weight excluding hydrogens is 206 g/mol. The fraction of sp³-hybridized carbons (Fsp3) is 0.333. The molecule has 0 aromatic heterocycles.